The molecule has 1 aliphatic heterocycles. The van der Waals surface area contributed by atoms with E-state index in [-0.39, 0.29) is 6.79 Å². The number of nitrogens with one attached hydrogen (secondary N) is 2. The van der Waals surface area contributed by atoms with Gasteiger partial charge in [0.15, 0.2) is 11.5 Å². The van der Waals surface area contributed by atoms with Crippen LogP contribution in [-0.4, -0.2) is 30.4 Å². The Balaban J connectivity index is 1.90. The topological polar surface area (TPSA) is 89.0 Å². The molecule has 21 heavy (non-hydrogen) atoms. The molecule has 1 heterocycles. The van der Waals surface area contributed by atoms with Gasteiger partial charge in [0, 0.05) is 5.54 Å². The largest absolute Gasteiger partial charge is 0.454 e. The van der Waals surface area contributed by atoms with Crippen molar-refractivity contribution < 1.29 is 19.1 Å². The van der Waals surface area contributed by atoms with Crippen molar-refractivity contribution in [3.8, 4) is 11.5 Å². The van der Waals surface area contributed by atoms with E-state index in [9.17, 15) is 9.59 Å². The van der Waals surface area contributed by atoms with Gasteiger partial charge in [-0.3, -0.25) is 9.59 Å². The molecule has 0 aliphatic carbocycles. The number of carbonyl (C=O) groups is 2. The monoisotopic (exact) mass is 291 g/mol. The van der Waals surface area contributed by atoms with E-state index >= 15 is 0 Å². The summed E-state index contributed by atoms with van der Waals surface area (Å²) in [6, 6.07) is 5.24. The van der Waals surface area contributed by atoms with E-state index in [1.165, 1.54) is 6.21 Å². The maximum absolute atomic E-state index is 11.5. The number of benzene rings is 1. The average molecular weight is 291 g/mol. The van der Waals surface area contributed by atoms with Gasteiger partial charge in [0.05, 0.1) is 6.21 Å². The molecule has 0 radical (unpaired) electrons. The molecule has 0 bridgehead atoms. The van der Waals surface area contributed by atoms with Crippen LogP contribution in [0.1, 0.15) is 26.3 Å². The molecule has 0 spiro atoms. The predicted octanol–water partition coefficient (Wildman–Crippen LogP) is 0.780. The van der Waals surface area contributed by atoms with Crippen LogP contribution in [0, 0.1) is 0 Å². The molecule has 1 aromatic rings. The molecule has 1 aromatic carbocycles. The van der Waals surface area contributed by atoms with Crippen LogP contribution in [0.3, 0.4) is 0 Å². The molecule has 0 aromatic heterocycles. The van der Waals surface area contributed by atoms with E-state index in [0.29, 0.717) is 11.5 Å². The molecule has 0 saturated carbocycles. The van der Waals surface area contributed by atoms with Gasteiger partial charge in [-0.2, -0.15) is 5.10 Å². The standard InChI is InChI=1S/C14H17N3O4/c1-14(2,3)16-12(18)13(19)17-15-7-9-4-5-10-11(6-9)21-8-20-10/h4-7H,8H2,1-3H3,(H,16,18)(H,17,19). The van der Waals surface area contributed by atoms with Crippen molar-refractivity contribution in [3.05, 3.63) is 23.8 Å². The molecule has 7 heteroatoms. The maximum atomic E-state index is 11.5. The van der Waals surface area contributed by atoms with Crippen LogP contribution in [-0.2, 0) is 9.59 Å². The molecule has 0 atom stereocenters. The van der Waals surface area contributed by atoms with Gasteiger partial charge < -0.3 is 14.8 Å². The molecule has 0 fully saturated rings. The van der Waals surface area contributed by atoms with Crippen LogP contribution in [0.2, 0.25) is 0 Å². The zero-order chi connectivity index (χ0) is 15.5. The van der Waals surface area contributed by atoms with Gasteiger partial charge in [-0.15, -0.1) is 0 Å². The fraction of sp³-hybridized carbons (Fsp3) is 0.357. The van der Waals surface area contributed by atoms with E-state index in [1.807, 2.05) is 0 Å². The first-order valence-corrected chi connectivity index (χ1v) is 6.40. The Morgan fingerprint density at radius 2 is 1.90 bits per heavy atom. The molecule has 7 nitrogen and oxygen atoms in total. The molecular weight excluding hydrogens is 274 g/mol. The predicted molar refractivity (Wildman–Crippen MR) is 76.2 cm³/mol. The molecule has 2 rings (SSSR count). The molecule has 0 unspecified atom stereocenters. The number of hydrogen-bond donors (Lipinski definition) is 2. The number of amides is 2. The Kier molecular flexibility index (Phi) is 4.11. The Bertz CT molecular complexity index is 590. The van der Waals surface area contributed by atoms with Crippen molar-refractivity contribution in [2.45, 2.75) is 26.3 Å². The summed E-state index contributed by atoms with van der Waals surface area (Å²) < 4.78 is 10.4. The van der Waals surface area contributed by atoms with Crippen LogP contribution in [0.25, 0.3) is 0 Å². The van der Waals surface area contributed by atoms with Gasteiger partial charge in [-0.25, -0.2) is 5.43 Å². The van der Waals surface area contributed by atoms with Gasteiger partial charge in [-0.05, 0) is 44.5 Å². The Labute approximate surface area is 122 Å². The number of hydrazone groups is 1. The van der Waals surface area contributed by atoms with Gasteiger partial charge in [0.25, 0.3) is 0 Å². The van der Waals surface area contributed by atoms with E-state index in [2.05, 4.69) is 15.8 Å². The Morgan fingerprint density at radius 3 is 2.62 bits per heavy atom. The third-order valence-corrected chi connectivity index (χ3v) is 2.47. The van der Waals surface area contributed by atoms with Crippen molar-refractivity contribution >= 4 is 18.0 Å². The average Bonchev–Trinajstić information content (AvgIpc) is 2.84. The van der Waals surface area contributed by atoms with Crippen molar-refractivity contribution in [1.29, 1.82) is 0 Å². The van der Waals surface area contributed by atoms with Crippen LogP contribution < -0.4 is 20.2 Å². The summed E-state index contributed by atoms with van der Waals surface area (Å²) in [5, 5.41) is 6.28. The highest BCUT2D eigenvalue weighted by atomic mass is 16.7. The highest BCUT2D eigenvalue weighted by Crippen LogP contribution is 2.31. The Hall–Kier alpha value is -2.57. The van der Waals surface area contributed by atoms with Crippen LogP contribution in [0.5, 0.6) is 11.5 Å². The second-order valence-electron chi connectivity index (χ2n) is 5.52. The first-order valence-electron chi connectivity index (χ1n) is 6.40. The highest BCUT2D eigenvalue weighted by molar-refractivity contribution is 6.35. The van der Waals surface area contributed by atoms with E-state index in [1.54, 1.807) is 39.0 Å². The number of ether oxygens (including phenoxy) is 2. The minimum Gasteiger partial charge on any atom is -0.454 e. The summed E-state index contributed by atoms with van der Waals surface area (Å²) in [5.74, 6) is -0.260. The number of nitrogens with zero attached hydrogens (tertiary/aromatic N) is 1. The SMILES string of the molecule is CC(C)(C)NC(=O)C(=O)NN=Cc1ccc2c(c1)OCO2. The summed E-state index contributed by atoms with van der Waals surface area (Å²) in [4.78, 5) is 23.0. The van der Waals surface area contributed by atoms with Crippen molar-refractivity contribution in [1.82, 2.24) is 10.7 Å². The Morgan fingerprint density at radius 1 is 1.19 bits per heavy atom. The smallest absolute Gasteiger partial charge is 0.329 e. The summed E-state index contributed by atoms with van der Waals surface area (Å²) in [6.07, 6.45) is 1.42. The van der Waals surface area contributed by atoms with Crippen LogP contribution in [0.4, 0.5) is 0 Å². The lowest BCUT2D eigenvalue weighted by Crippen LogP contribution is -2.47. The second kappa shape index (κ2) is 5.82. The zero-order valence-corrected chi connectivity index (χ0v) is 12.1. The molecule has 0 saturated heterocycles. The van der Waals surface area contributed by atoms with Crippen LogP contribution in [0.15, 0.2) is 23.3 Å². The van der Waals surface area contributed by atoms with E-state index < -0.39 is 17.4 Å². The first-order chi connectivity index (χ1) is 9.85. The minimum absolute atomic E-state index is 0.194. The lowest BCUT2D eigenvalue weighted by Gasteiger charge is -2.19. The zero-order valence-electron chi connectivity index (χ0n) is 12.1. The number of carbonyl (C=O) groups excluding carboxylic acids is 2. The third kappa shape index (κ3) is 4.20. The molecule has 112 valence electrons. The number of fused-ring (bicyclic) bond motifs is 1. The second-order valence-corrected chi connectivity index (χ2v) is 5.52. The van der Waals surface area contributed by atoms with Gasteiger partial charge >= 0.3 is 11.8 Å². The van der Waals surface area contributed by atoms with Crippen molar-refractivity contribution in [3.63, 3.8) is 0 Å². The maximum Gasteiger partial charge on any atom is 0.329 e. The quantitative estimate of drug-likeness (QED) is 0.479. The molecule has 2 amide bonds. The van der Waals surface area contributed by atoms with Gasteiger partial charge in [0.2, 0.25) is 6.79 Å². The van der Waals surface area contributed by atoms with Gasteiger partial charge in [-0.1, -0.05) is 0 Å². The number of rotatable bonds is 2. The summed E-state index contributed by atoms with van der Waals surface area (Å²) in [7, 11) is 0. The van der Waals surface area contributed by atoms with E-state index in [0.717, 1.165) is 5.56 Å². The fourth-order valence-electron chi connectivity index (χ4n) is 1.61. The molecule has 1 aliphatic rings. The lowest BCUT2D eigenvalue weighted by atomic mass is 10.1. The number of hydrogen-bond acceptors (Lipinski definition) is 5. The normalized spacial score (nSPS) is 13.3. The van der Waals surface area contributed by atoms with E-state index in [4.69, 9.17) is 9.47 Å². The summed E-state index contributed by atoms with van der Waals surface area (Å²) in [6.45, 7) is 5.55. The molecule has 2 N–H and O–H groups in total. The molecular formula is C14H17N3O4. The van der Waals surface area contributed by atoms with Gasteiger partial charge in [0.1, 0.15) is 0 Å². The minimum atomic E-state index is -0.818. The fourth-order valence-corrected chi connectivity index (χ4v) is 1.61. The van der Waals surface area contributed by atoms with Crippen molar-refractivity contribution in [2.24, 2.45) is 5.10 Å². The summed E-state index contributed by atoms with van der Waals surface area (Å²) >= 11 is 0. The van der Waals surface area contributed by atoms with Crippen molar-refractivity contribution in [2.75, 3.05) is 6.79 Å². The van der Waals surface area contributed by atoms with Crippen LogP contribution >= 0.6 is 0 Å². The summed E-state index contributed by atoms with van der Waals surface area (Å²) in [5.41, 5.74) is 2.41. The lowest BCUT2D eigenvalue weighted by molar-refractivity contribution is -0.140. The first kappa shape index (κ1) is 14.8. The highest BCUT2D eigenvalue weighted by Gasteiger charge is 2.19. The third-order valence-electron chi connectivity index (χ3n) is 2.47.